The predicted molar refractivity (Wildman–Crippen MR) is 78.1 cm³/mol. The molecule has 0 aromatic heterocycles. The van der Waals surface area contributed by atoms with Crippen molar-refractivity contribution in [1.29, 1.82) is 0 Å². The summed E-state index contributed by atoms with van der Waals surface area (Å²) in [6, 6.07) is 11.6. The van der Waals surface area contributed by atoms with Crippen LogP contribution >= 0.6 is 0 Å². The van der Waals surface area contributed by atoms with Crippen LogP contribution in [0.5, 0.6) is 5.75 Å². The van der Waals surface area contributed by atoms with Crippen LogP contribution < -0.4 is 9.46 Å². The molecule has 22 heavy (non-hydrogen) atoms. The van der Waals surface area contributed by atoms with Crippen LogP contribution in [0.1, 0.15) is 11.6 Å². The van der Waals surface area contributed by atoms with Crippen molar-refractivity contribution in [1.82, 2.24) is 4.72 Å². The van der Waals surface area contributed by atoms with Crippen molar-refractivity contribution in [2.24, 2.45) is 0 Å². The standard InChI is InChI=1S/C14H12N2O5S/c17-16(18)10-4-3-5-11(8-10)22(19,20)15-13-9-21-14-7-2-1-6-12(13)14/h1-8,13,15H,9H2. The second kappa shape index (κ2) is 5.39. The van der Waals surface area contributed by atoms with E-state index >= 15 is 0 Å². The van der Waals surface area contributed by atoms with E-state index in [1.165, 1.54) is 18.2 Å². The van der Waals surface area contributed by atoms with Gasteiger partial charge in [0.05, 0.1) is 15.9 Å². The molecule has 1 atom stereocenters. The van der Waals surface area contributed by atoms with Gasteiger partial charge < -0.3 is 4.74 Å². The molecule has 0 fully saturated rings. The normalized spacial score (nSPS) is 16.8. The number of rotatable bonds is 4. The molecule has 0 amide bonds. The number of sulfonamides is 1. The Morgan fingerprint density at radius 3 is 2.73 bits per heavy atom. The maximum absolute atomic E-state index is 12.4. The Bertz CT molecular complexity index is 835. The number of nitrogens with zero attached hydrogens (tertiary/aromatic N) is 1. The maximum atomic E-state index is 12.4. The van der Waals surface area contributed by atoms with Crippen molar-refractivity contribution >= 4 is 15.7 Å². The molecule has 1 unspecified atom stereocenters. The van der Waals surface area contributed by atoms with Crippen LogP contribution in [-0.4, -0.2) is 19.9 Å². The van der Waals surface area contributed by atoms with Gasteiger partial charge >= 0.3 is 0 Å². The highest BCUT2D eigenvalue weighted by Gasteiger charge is 2.29. The summed E-state index contributed by atoms with van der Waals surface area (Å²) in [5.41, 5.74) is 0.474. The second-order valence-corrected chi connectivity index (χ2v) is 6.49. The SMILES string of the molecule is O=[N+]([O-])c1cccc(S(=O)(=O)NC2COc3ccccc32)c1. The van der Waals surface area contributed by atoms with Crippen molar-refractivity contribution in [3.8, 4) is 5.75 Å². The average Bonchev–Trinajstić information content (AvgIpc) is 2.90. The monoisotopic (exact) mass is 320 g/mol. The van der Waals surface area contributed by atoms with E-state index in [2.05, 4.69) is 4.72 Å². The third kappa shape index (κ3) is 2.66. The van der Waals surface area contributed by atoms with Gasteiger partial charge in [-0.25, -0.2) is 13.1 Å². The molecule has 2 aromatic carbocycles. The third-order valence-electron chi connectivity index (χ3n) is 3.34. The lowest BCUT2D eigenvalue weighted by molar-refractivity contribution is -0.385. The number of nitrogens with one attached hydrogen (secondary N) is 1. The summed E-state index contributed by atoms with van der Waals surface area (Å²) in [4.78, 5) is 9.98. The van der Waals surface area contributed by atoms with E-state index in [4.69, 9.17) is 4.74 Å². The van der Waals surface area contributed by atoms with E-state index in [0.29, 0.717) is 5.75 Å². The maximum Gasteiger partial charge on any atom is 0.270 e. The van der Waals surface area contributed by atoms with Gasteiger partial charge in [-0.3, -0.25) is 10.1 Å². The largest absolute Gasteiger partial charge is 0.491 e. The number of nitro groups is 1. The molecule has 1 aliphatic rings. The molecule has 0 saturated heterocycles. The van der Waals surface area contributed by atoms with Crippen molar-refractivity contribution in [2.45, 2.75) is 10.9 Å². The highest BCUT2D eigenvalue weighted by molar-refractivity contribution is 7.89. The number of hydrogen-bond donors (Lipinski definition) is 1. The first-order valence-electron chi connectivity index (χ1n) is 6.46. The molecule has 3 rings (SSSR count). The second-order valence-electron chi connectivity index (χ2n) is 4.78. The van der Waals surface area contributed by atoms with E-state index in [1.807, 2.05) is 0 Å². The summed E-state index contributed by atoms with van der Waals surface area (Å²) in [7, 11) is -3.88. The van der Waals surface area contributed by atoms with E-state index < -0.39 is 21.0 Å². The minimum absolute atomic E-state index is 0.147. The van der Waals surface area contributed by atoms with Crippen LogP contribution in [0, 0.1) is 10.1 Å². The van der Waals surface area contributed by atoms with Crippen LogP contribution in [0.2, 0.25) is 0 Å². The van der Waals surface area contributed by atoms with Crippen molar-refractivity contribution in [2.75, 3.05) is 6.61 Å². The molecule has 7 nitrogen and oxygen atoms in total. The van der Waals surface area contributed by atoms with Crippen molar-refractivity contribution in [3.63, 3.8) is 0 Å². The first kappa shape index (κ1) is 14.5. The zero-order valence-electron chi connectivity index (χ0n) is 11.3. The number of nitro benzene ring substituents is 1. The molecule has 0 bridgehead atoms. The Hall–Kier alpha value is -2.45. The molecule has 1 heterocycles. The summed E-state index contributed by atoms with van der Waals surface area (Å²) >= 11 is 0. The van der Waals surface area contributed by atoms with Gasteiger partial charge in [-0.1, -0.05) is 24.3 Å². The van der Waals surface area contributed by atoms with Crippen molar-refractivity contribution in [3.05, 3.63) is 64.2 Å². The van der Waals surface area contributed by atoms with Gasteiger partial charge in [0.15, 0.2) is 0 Å². The zero-order chi connectivity index (χ0) is 15.7. The first-order valence-corrected chi connectivity index (χ1v) is 7.94. The molecule has 0 radical (unpaired) electrons. The Labute approximate surface area is 126 Å². The fourth-order valence-corrected chi connectivity index (χ4v) is 3.52. The van der Waals surface area contributed by atoms with Gasteiger partial charge in [0.1, 0.15) is 12.4 Å². The molecule has 1 aliphatic heterocycles. The molecular formula is C14H12N2O5S. The van der Waals surface area contributed by atoms with Crippen LogP contribution in [0.3, 0.4) is 0 Å². The van der Waals surface area contributed by atoms with E-state index in [-0.39, 0.29) is 17.2 Å². The zero-order valence-corrected chi connectivity index (χ0v) is 12.1. The summed E-state index contributed by atoms with van der Waals surface area (Å²) in [5.74, 6) is 0.634. The van der Waals surface area contributed by atoms with Gasteiger partial charge in [0, 0.05) is 17.7 Å². The Kier molecular flexibility index (Phi) is 3.55. The number of ether oxygens (including phenoxy) is 1. The molecule has 0 aliphatic carbocycles. The number of para-hydroxylation sites is 1. The van der Waals surface area contributed by atoms with Gasteiger partial charge in [0.25, 0.3) is 5.69 Å². The van der Waals surface area contributed by atoms with Gasteiger partial charge in [-0.05, 0) is 12.1 Å². The van der Waals surface area contributed by atoms with Crippen LogP contribution in [0.25, 0.3) is 0 Å². The fraction of sp³-hybridized carbons (Fsp3) is 0.143. The highest BCUT2D eigenvalue weighted by Crippen LogP contribution is 2.32. The Balaban J connectivity index is 1.89. The summed E-state index contributed by atoms with van der Waals surface area (Å²) in [6.07, 6.45) is 0. The van der Waals surface area contributed by atoms with E-state index in [1.54, 1.807) is 24.3 Å². The lowest BCUT2D eigenvalue weighted by atomic mass is 10.1. The highest BCUT2D eigenvalue weighted by atomic mass is 32.2. The van der Waals surface area contributed by atoms with Gasteiger partial charge in [-0.15, -0.1) is 0 Å². The number of non-ortho nitro benzene ring substituents is 1. The van der Waals surface area contributed by atoms with E-state index in [9.17, 15) is 18.5 Å². The molecular weight excluding hydrogens is 308 g/mol. The average molecular weight is 320 g/mol. The fourth-order valence-electron chi connectivity index (χ4n) is 2.28. The lowest BCUT2D eigenvalue weighted by Gasteiger charge is -2.12. The quantitative estimate of drug-likeness (QED) is 0.686. The minimum atomic E-state index is -3.88. The summed E-state index contributed by atoms with van der Waals surface area (Å²) in [6.45, 7) is 0.188. The number of fused-ring (bicyclic) bond motifs is 1. The molecule has 8 heteroatoms. The third-order valence-corrected chi connectivity index (χ3v) is 4.81. The predicted octanol–water partition coefficient (Wildman–Crippen LogP) is 2.01. The smallest absolute Gasteiger partial charge is 0.270 e. The molecule has 0 saturated carbocycles. The minimum Gasteiger partial charge on any atom is -0.491 e. The number of benzene rings is 2. The van der Waals surface area contributed by atoms with Crippen molar-refractivity contribution < 1.29 is 18.1 Å². The molecule has 114 valence electrons. The van der Waals surface area contributed by atoms with Crippen LogP contribution in [0.15, 0.2) is 53.4 Å². The lowest BCUT2D eigenvalue weighted by Crippen LogP contribution is -2.29. The summed E-state index contributed by atoms with van der Waals surface area (Å²) in [5, 5.41) is 10.8. The topological polar surface area (TPSA) is 98.5 Å². The molecule has 0 spiro atoms. The molecule has 2 aromatic rings. The van der Waals surface area contributed by atoms with Gasteiger partial charge in [0.2, 0.25) is 10.0 Å². The first-order chi connectivity index (χ1) is 10.5. The van der Waals surface area contributed by atoms with E-state index in [0.717, 1.165) is 11.6 Å². The number of hydrogen-bond acceptors (Lipinski definition) is 5. The Morgan fingerprint density at radius 2 is 1.95 bits per heavy atom. The van der Waals surface area contributed by atoms with Crippen LogP contribution in [0.4, 0.5) is 5.69 Å². The van der Waals surface area contributed by atoms with Crippen LogP contribution in [-0.2, 0) is 10.0 Å². The molecule has 1 N–H and O–H groups in total. The Morgan fingerprint density at radius 1 is 1.18 bits per heavy atom. The van der Waals surface area contributed by atoms with Gasteiger partial charge in [-0.2, -0.15) is 0 Å². The summed E-state index contributed by atoms with van der Waals surface area (Å²) < 4.78 is 32.7.